The Morgan fingerprint density at radius 3 is 2.56 bits per heavy atom. The summed E-state index contributed by atoms with van der Waals surface area (Å²) < 4.78 is 7.73. The van der Waals surface area contributed by atoms with E-state index < -0.39 is 11.9 Å². The van der Waals surface area contributed by atoms with Crippen LogP contribution in [0.2, 0.25) is 0 Å². The number of benzene rings is 1. The van der Waals surface area contributed by atoms with Crippen LogP contribution in [0.15, 0.2) is 36.5 Å². The van der Waals surface area contributed by atoms with E-state index in [9.17, 15) is 14.4 Å². The Morgan fingerprint density at radius 1 is 1.05 bits per heavy atom. The number of carbonyl (C=O) groups excluding carboxylic acids is 3. The van der Waals surface area contributed by atoms with Crippen LogP contribution in [-0.2, 0) is 27.4 Å². The number of imide groups is 1. The molecule has 1 atom stereocenters. The van der Waals surface area contributed by atoms with Gasteiger partial charge in [0.05, 0.1) is 24.9 Å². The van der Waals surface area contributed by atoms with Gasteiger partial charge in [-0.25, -0.2) is 4.98 Å². The lowest BCUT2D eigenvalue weighted by Gasteiger charge is -2.35. The number of ether oxygens (including phenoxy) is 1. The topological polar surface area (TPSA) is 100 Å². The van der Waals surface area contributed by atoms with E-state index in [1.165, 1.54) is 10.9 Å². The van der Waals surface area contributed by atoms with Gasteiger partial charge in [0.1, 0.15) is 11.7 Å². The zero-order chi connectivity index (χ0) is 28.2. The Morgan fingerprint density at radius 2 is 1.85 bits per heavy atom. The molecule has 1 aromatic carbocycles. The molecule has 4 aliphatic heterocycles. The fourth-order valence-corrected chi connectivity index (χ4v) is 6.72. The molecule has 0 aliphatic carbocycles. The molecule has 0 saturated carbocycles. The minimum atomic E-state index is -0.623. The highest BCUT2D eigenvalue weighted by Crippen LogP contribution is 2.34. The third-order valence-corrected chi connectivity index (χ3v) is 9.29. The van der Waals surface area contributed by atoms with Gasteiger partial charge in [-0.3, -0.25) is 24.6 Å². The molecule has 6 heterocycles. The fourth-order valence-electron chi connectivity index (χ4n) is 6.72. The maximum atomic E-state index is 13.2. The van der Waals surface area contributed by atoms with Gasteiger partial charge in [-0.1, -0.05) is 6.07 Å². The van der Waals surface area contributed by atoms with Gasteiger partial charge in [-0.2, -0.15) is 0 Å². The average Bonchev–Trinajstić information content (AvgIpc) is 3.49. The van der Waals surface area contributed by atoms with E-state index >= 15 is 0 Å². The number of fused-ring (bicyclic) bond motifs is 2. The van der Waals surface area contributed by atoms with Gasteiger partial charge in [0.15, 0.2) is 0 Å². The van der Waals surface area contributed by atoms with Gasteiger partial charge in [-0.05, 0) is 81.8 Å². The molecule has 4 aliphatic rings. The van der Waals surface area contributed by atoms with E-state index in [0.717, 1.165) is 54.9 Å². The highest BCUT2D eigenvalue weighted by Gasteiger charge is 2.39. The summed E-state index contributed by atoms with van der Waals surface area (Å²) in [6.07, 6.45) is 5.06. The quantitative estimate of drug-likeness (QED) is 0.466. The first-order valence-corrected chi connectivity index (χ1v) is 14.6. The van der Waals surface area contributed by atoms with Crippen LogP contribution in [-0.4, -0.2) is 94.5 Å². The molecule has 3 fully saturated rings. The van der Waals surface area contributed by atoms with Crippen LogP contribution in [0.4, 0.5) is 0 Å². The summed E-state index contributed by atoms with van der Waals surface area (Å²) in [4.78, 5) is 49.0. The zero-order valence-electron chi connectivity index (χ0n) is 23.6. The van der Waals surface area contributed by atoms with Gasteiger partial charge in [0.25, 0.3) is 5.91 Å². The lowest BCUT2D eigenvalue weighted by Crippen LogP contribution is -2.52. The first-order chi connectivity index (χ1) is 19.9. The summed E-state index contributed by atoms with van der Waals surface area (Å²) in [5, 5.41) is 3.55. The normalized spacial score (nSPS) is 22.5. The Labute approximate surface area is 239 Å². The fraction of sp³-hybridized carbons (Fsp3) is 0.484. The van der Waals surface area contributed by atoms with Crippen LogP contribution >= 0.6 is 0 Å². The number of nitrogens with zero attached hydrogens (tertiary/aromatic N) is 5. The SMILES string of the molecule is CN(C)C1CCN(Cc2cc(-c3ccc4c(c3)CN(C3CCC(=O)NC3=O)C4=O)nc3c2ccn3C2COC2)CC1. The molecule has 0 radical (unpaired) electrons. The van der Waals surface area contributed by atoms with E-state index in [4.69, 9.17) is 9.72 Å². The van der Waals surface area contributed by atoms with Gasteiger partial charge >= 0.3 is 0 Å². The van der Waals surface area contributed by atoms with Crippen molar-refractivity contribution in [2.75, 3.05) is 40.4 Å². The Kier molecular flexibility index (Phi) is 6.64. The maximum Gasteiger partial charge on any atom is 0.255 e. The highest BCUT2D eigenvalue weighted by atomic mass is 16.5. The van der Waals surface area contributed by atoms with E-state index in [1.54, 1.807) is 4.90 Å². The molecule has 7 rings (SSSR count). The molecule has 0 spiro atoms. The Bertz CT molecular complexity index is 1530. The van der Waals surface area contributed by atoms with Crippen molar-refractivity contribution < 1.29 is 19.1 Å². The van der Waals surface area contributed by atoms with Crippen molar-refractivity contribution in [2.45, 2.75) is 56.9 Å². The summed E-state index contributed by atoms with van der Waals surface area (Å²) in [6, 6.07) is 10.6. The molecular weight excluding hydrogens is 520 g/mol. The zero-order valence-corrected chi connectivity index (χ0v) is 23.6. The summed E-state index contributed by atoms with van der Waals surface area (Å²) in [5.74, 6) is -0.838. The monoisotopic (exact) mass is 556 g/mol. The molecule has 214 valence electrons. The van der Waals surface area contributed by atoms with E-state index in [2.05, 4.69) is 52.1 Å². The van der Waals surface area contributed by atoms with Crippen molar-refractivity contribution in [1.82, 2.24) is 29.6 Å². The predicted molar refractivity (Wildman–Crippen MR) is 153 cm³/mol. The second-order valence-corrected chi connectivity index (χ2v) is 12.1. The Hall–Kier alpha value is -3.60. The van der Waals surface area contributed by atoms with Gasteiger partial charge in [-0.15, -0.1) is 0 Å². The lowest BCUT2D eigenvalue weighted by molar-refractivity contribution is -0.136. The Balaban J connectivity index is 1.20. The smallest absolute Gasteiger partial charge is 0.255 e. The van der Waals surface area contributed by atoms with Crippen LogP contribution in [0.1, 0.15) is 53.2 Å². The van der Waals surface area contributed by atoms with E-state index in [1.807, 2.05) is 18.2 Å². The van der Waals surface area contributed by atoms with E-state index in [0.29, 0.717) is 43.8 Å². The van der Waals surface area contributed by atoms with Crippen molar-refractivity contribution >= 4 is 28.8 Å². The second-order valence-electron chi connectivity index (χ2n) is 12.1. The predicted octanol–water partition coefficient (Wildman–Crippen LogP) is 2.56. The first-order valence-electron chi connectivity index (χ1n) is 14.6. The molecule has 2 aromatic heterocycles. The molecule has 1 N–H and O–H groups in total. The van der Waals surface area contributed by atoms with Crippen molar-refractivity contribution in [2.24, 2.45) is 0 Å². The van der Waals surface area contributed by atoms with Gasteiger partial charge in [0, 0.05) is 48.3 Å². The third-order valence-electron chi connectivity index (χ3n) is 9.29. The van der Waals surface area contributed by atoms with Crippen LogP contribution in [0.3, 0.4) is 0 Å². The number of aromatic nitrogens is 2. The second kappa shape index (κ2) is 10.3. The molecule has 10 heteroatoms. The maximum absolute atomic E-state index is 13.2. The van der Waals surface area contributed by atoms with Crippen molar-refractivity contribution in [3.05, 3.63) is 53.2 Å². The molecule has 3 amide bonds. The molecule has 41 heavy (non-hydrogen) atoms. The number of piperidine rings is 2. The number of rotatable bonds is 6. The highest BCUT2D eigenvalue weighted by molar-refractivity contribution is 6.05. The number of amides is 3. The van der Waals surface area contributed by atoms with Crippen LogP contribution in [0.5, 0.6) is 0 Å². The van der Waals surface area contributed by atoms with Crippen LogP contribution in [0, 0.1) is 0 Å². The summed E-state index contributed by atoms with van der Waals surface area (Å²) in [5.41, 5.74) is 5.55. The molecule has 10 nitrogen and oxygen atoms in total. The van der Waals surface area contributed by atoms with Gasteiger partial charge in [0.2, 0.25) is 11.8 Å². The summed E-state index contributed by atoms with van der Waals surface area (Å²) in [7, 11) is 4.33. The molecule has 3 saturated heterocycles. The number of carbonyl (C=O) groups is 3. The number of nitrogens with one attached hydrogen (secondary N) is 1. The minimum Gasteiger partial charge on any atom is -0.377 e. The summed E-state index contributed by atoms with van der Waals surface area (Å²) >= 11 is 0. The van der Waals surface area contributed by atoms with E-state index in [-0.39, 0.29) is 18.2 Å². The number of pyridine rings is 1. The molecule has 0 bridgehead atoms. The number of hydrogen-bond donors (Lipinski definition) is 1. The number of hydrogen-bond acceptors (Lipinski definition) is 7. The van der Waals surface area contributed by atoms with Gasteiger partial charge < -0.3 is 19.1 Å². The minimum absolute atomic E-state index is 0.162. The lowest BCUT2D eigenvalue weighted by atomic mass is 10.0. The van der Waals surface area contributed by atoms with Crippen molar-refractivity contribution in [3.8, 4) is 11.3 Å². The first kappa shape index (κ1) is 26.3. The van der Waals surface area contributed by atoms with Crippen molar-refractivity contribution in [3.63, 3.8) is 0 Å². The van der Waals surface area contributed by atoms with Crippen LogP contribution in [0.25, 0.3) is 22.3 Å². The molecular formula is C31H36N6O4. The third kappa shape index (κ3) is 4.73. The summed E-state index contributed by atoms with van der Waals surface area (Å²) in [6.45, 7) is 4.73. The van der Waals surface area contributed by atoms with Crippen molar-refractivity contribution in [1.29, 1.82) is 0 Å². The average molecular weight is 557 g/mol. The standard InChI is InChI=1S/C31H36N6O4/c1-34(2)22-7-10-35(11-8-22)15-21-14-26(32-29-24(21)9-12-36(29)23-17-41-18-23)19-3-4-25-20(13-19)16-37(31(25)40)27-5-6-28(38)33-30(27)39/h3-4,9,12-14,22-23,27H,5-8,10-11,15-18H2,1-2H3,(H,33,38,39). The number of likely N-dealkylation sites (tertiary alicyclic amines) is 1. The molecule has 1 unspecified atom stereocenters. The van der Waals surface area contributed by atoms with Crippen LogP contribution < -0.4 is 5.32 Å². The largest absolute Gasteiger partial charge is 0.377 e. The molecule has 3 aromatic rings.